The molecule has 10 heteroatoms. The summed E-state index contributed by atoms with van der Waals surface area (Å²) in [4.78, 5) is 28.7. The molecule has 1 aromatic carbocycles. The summed E-state index contributed by atoms with van der Waals surface area (Å²) in [5.74, 6) is -1.09. The van der Waals surface area contributed by atoms with Crippen molar-refractivity contribution in [2.24, 2.45) is 5.92 Å². The van der Waals surface area contributed by atoms with Gasteiger partial charge < -0.3 is 14.8 Å². The number of alkyl carbamates (subject to hydrolysis) is 1. The number of hydrogen-bond donors (Lipinski definition) is 1. The number of amides is 1. The van der Waals surface area contributed by atoms with Gasteiger partial charge in [0.15, 0.2) is 5.69 Å². The molecule has 0 bridgehead atoms. The molecule has 2 aromatic rings. The summed E-state index contributed by atoms with van der Waals surface area (Å²) in [6.45, 7) is 10.6. The molecule has 0 spiro atoms. The van der Waals surface area contributed by atoms with Crippen LogP contribution in [0.1, 0.15) is 62.5 Å². The van der Waals surface area contributed by atoms with Crippen LogP contribution < -0.4 is 5.32 Å². The van der Waals surface area contributed by atoms with E-state index in [9.17, 15) is 18.0 Å². The van der Waals surface area contributed by atoms with Gasteiger partial charge in [-0.05, 0) is 45.7 Å². The summed E-state index contributed by atoms with van der Waals surface area (Å²) in [5, 5.41) is 2.67. The number of benzene rings is 1. The van der Waals surface area contributed by atoms with E-state index in [1.165, 1.54) is 19.2 Å². The fourth-order valence-corrected chi connectivity index (χ4v) is 4.11. The van der Waals surface area contributed by atoms with Crippen molar-refractivity contribution in [3.8, 4) is 0 Å². The van der Waals surface area contributed by atoms with Crippen molar-refractivity contribution in [2.75, 3.05) is 7.11 Å². The summed E-state index contributed by atoms with van der Waals surface area (Å²) in [6.07, 6.45) is 0.371. The van der Waals surface area contributed by atoms with Gasteiger partial charge in [0.2, 0.25) is 0 Å². The Morgan fingerprint density at radius 1 is 1.13 bits per heavy atom. The van der Waals surface area contributed by atoms with E-state index in [0.717, 1.165) is 15.7 Å². The number of aromatic nitrogens is 2. The van der Waals surface area contributed by atoms with Crippen LogP contribution in [-0.2, 0) is 19.5 Å². The average molecular weight is 452 g/mol. The molecule has 0 aliphatic rings. The second-order valence-electron chi connectivity index (χ2n) is 8.46. The minimum atomic E-state index is -4.10. The summed E-state index contributed by atoms with van der Waals surface area (Å²) in [5.41, 5.74) is -0.0387. The first-order chi connectivity index (χ1) is 14.3. The minimum Gasteiger partial charge on any atom is -0.464 e. The summed E-state index contributed by atoms with van der Waals surface area (Å²) >= 11 is 0. The number of aryl methyl sites for hydroxylation is 1. The van der Waals surface area contributed by atoms with Gasteiger partial charge in [0.25, 0.3) is 10.0 Å². The minimum absolute atomic E-state index is 0.0212. The van der Waals surface area contributed by atoms with Crippen LogP contribution in [0.15, 0.2) is 35.4 Å². The molecule has 31 heavy (non-hydrogen) atoms. The molecular weight excluding hydrogens is 422 g/mol. The number of esters is 1. The molecule has 0 radical (unpaired) electrons. The zero-order valence-electron chi connectivity index (χ0n) is 18.8. The summed E-state index contributed by atoms with van der Waals surface area (Å²) in [7, 11) is -2.93. The highest BCUT2D eigenvalue weighted by Gasteiger charge is 2.32. The molecule has 2 rings (SSSR count). The second-order valence-corrected chi connectivity index (χ2v) is 10.3. The lowest BCUT2D eigenvalue weighted by molar-refractivity contribution is 0.0486. The monoisotopic (exact) mass is 451 g/mol. The Morgan fingerprint density at radius 2 is 1.71 bits per heavy atom. The van der Waals surface area contributed by atoms with Gasteiger partial charge in [-0.25, -0.2) is 27.0 Å². The molecule has 1 atom stereocenters. The van der Waals surface area contributed by atoms with Gasteiger partial charge in [0, 0.05) is 0 Å². The molecule has 1 N–H and O–H groups in total. The van der Waals surface area contributed by atoms with Crippen molar-refractivity contribution in [3.05, 3.63) is 47.5 Å². The zero-order valence-corrected chi connectivity index (χ0v) is 19.6. The largest absolute Gasteiger partial charge is 0.464 e. The third-order valence-electron chi connectivity index (χ3n) is 4.29. The normalized spacial score (nSPS) is 13.0. The van der Waals surface area contributed by atoms with Gasteiger partial charge in [-0.1, -0.05) is 31.5 Å². The third kappa shape index (κ3) is 5.84. The lowest BCUT2D eigenvalue weighted by Gasteiger charge is -2.25. The van der Waals surface area contributed by atoms with E-state index < -0.39 is 33.7 Å². The Bertz CT molecular complexity index is 1050. The summed E-state index contributed by atoms with van der Waals surface area (Å²) < 4.78 is 37.6. The van der Waals surface area contributed by atoms with Gasteiger partial charge in [-0.2, -0.15) is 0 Å². The van der Waals surface area contributed by atoms with Gasteiger partial charge >= 0.3 is 12.1 Å². The highest BCUT2D eigenvalue weighted by Crippen LogP contribution is 2.26. The number of nitrogens with one attached hydrogen (secondary N) is 1. The Labute approximate surface area is 182 Å². The Hall–Kier alpha value is -2.88. The number of nitrogens with zero attached hydrogens (tertiary/aromatic N) is 2. The van der Waals surface area contributed by atoms with Crippen LogP contribution in [0.2, 0.25) is 0 Å². The van der Waals surface area contributed by atoms with E-state index in [4.69, 9.17) is 9.47 Å². The second kappa shape index (κ2) is 9.09. The van der Waals surface area contributed by atoms with Crippen LogP contribution in [0, 0.1) is 12.8 Å². The number of rotatable bonds is 6. The predicted molar refractivity (Wildman–Crippen MR) is 114 cm³/mol. The van der Waals surface area contributed by atoms with Crippen molar-refractivity contribution in [2.45, 2.75) is 58.1 Å². The smallest absolute Gasteiger partial charge is 0.408 e. The Balaban J connectivity index is 2.61. The topological polar surface area (TPSA) is 117 Å². The van der Waals surface area contributed by atoms with Gasteiger partial charge in [0.1, 0.15) is 11.4 Å². The number of carbonyl (C=O) groups is 2. The number of ether oxygens (including phenoxy) is 2. The van der Waals surface area contributed by atoms with E-state index in [1.54, 1.807) is 46.8 Å². The maximum Gasteiger partial charge on any atom is 0.408 e. The quantitative estimate of drug-likeness (QED) is 0.669. The van der Waals surface area contributed by atoms with Crippen LogP contribution in [0.4, 0.5) is 4.79 Å². The van der Waals surface area contributed by atoms with Gasteiger partial charge in [0.05, 0.1) is 24.2 Å². The first-order valence-electron chi connectivity index (χ1n) is 9.75. The Morgan fingerprint density at radius 3 is 2.19 bits per heavy atom. The van der Waals surface area contributed by atoms with Gasteiger partial charge in [-0.15, -0.1) is 0 Å². The van der Waals surface area contributed by atoms with Crippen LogP contribution in [0.25, 0.3) is 0 Å². The third-order valence-corrected chi connectivity index (χ3v) is 5.97. The lowest BCUT2D eigenvalue weighted by atomic mass is 10.0. The molecule has 1 amide bonds. The highest BCUT2D eigenvalue weighted by atomic mass is 32.2. The van der Waals surface area contributed by atoms with E-state index in [-0.39, 0.29) is 22.3 Å². The average Bonchev–Trinajstić information content (AvgIpc) is 3.10. The molecule has 0 aliphatic carbocycles. The zero-order chi connectivity index (χ0) is 23.6. The number of carbonyl (C=O) groups excluding carboxylic acids is 2. The molecule has 170 valence electrons. The first kappa shape index (κ1) is 24.4. The maximum absolute atomic E-state index is 13.4. The van der Waals surface area contributed by atoms with E-state index >= 15 is 0 Å². The van der Waals surface area contributed by atoms with Crippen molar-refractivity contribution in [1.82, 2.24) is 14.3 Å². The van der Waals surface area contributed by atoms with Crippen LogP contribution >= 0.6 is 0 Å². The predicted octanol–water partition coefficient (Wildman–Crippen LogP) is 3.44. The molecule has 0 unspecified atom stereocenters. The standard InChI is InChI=1S/C21H29N3O6S/c1-13(2)17(23-20(26)30-21(4,5)6)18-22-16(19(25)29-7)12-24(18)31(27,28)15-10-8-14(3)9-11-15/h8-13,17H,1-7H3,(H,23,26)/t17-/m0/s1. The van der Waals surface area contributed by atoms with Crippen molar-refractivity contribution in [1.29, 1.82) is 0 Å². The van der Waals surface area contributed by atoms with Gasteiger partial charge in [-0.3, -0.25) is 0 Å². The summed E-state index contributed by atoms with van der Waals surface area (Å²) in [6, 6.07) is 5.43. The van der Waals surface area contributed by atoms with E-state index in [0.29, 0.717) is 0 Å². The number of imidazole rings is 1. The molecule has 1 heterocycles. The van der Waals surface area contributed by atoms with Crippen LogP contribution in [0.5, 0.6) is 0 Å². The molecule has 0 aliphatic heterocycles. The fourth-order valence-electron chi connectivity index (χ4n) is 2.77. The SMILES string of the molecule is COC(=O)c1cn(S(=O)(=O)c2ccc(C)cc2)c([C@@H](NC(=O)OC(C)(C)C)C(C)C)n1. The maximum atomic E-state index is 13.4. The molecule has 1 aromatic heterocycles. The highest BCUT2D eigenvalue weighted by molar-refractivity contribution is 7.90. The molecule has 9 nitrogen and oxygen atoms in total. The molecule has 0 fully saturated rings. The Kier molecular flexibility index (Phi) is 7.15. The molecule has 0 saturated heterocycles. The number of hydrogen-bond acceptors (Lipinski definition) is 7. The van der Waals surface area contributed by atoms with Crippen LogP contribution in [-0.4, -0.2) is 42.1 Å². The van der Waals surface area contributed by atoms with Crippen molar-refractivity contribution in [3.63, 3.8) is 0 Å². The van der Waals surface area contributed by atoms with Crippen molar-refractivity contribution >= 4 is 22.1 Å². The fraction of sp³-hybridized carbons (Fsp3) is 0.476. The molecular formula is C21H29N3O6S. The van der Waals surface area contributed by atoms with Crippen molar-refractivity contribution < 1.29 is 27.5 Å². The van der Waals surface area contributed by atoms with Crippen LogP contribution in [0.3, 0.4) is 0 Å². The van der Waals surface area contributed by atoms with E-state index in [2.05, 4.69) is 10.3 Å². The molecule has 0 saturated carbocycles. The first-order valence-corrected chi connectivity index (χ1v) is 11.2. The van der Waals surface area contributed by atoms with E-state index in [1.807, 2.05) is 6.92 Å². The lowest BCUT2D eigenvalue weighted by Crippen LogP contribution is -2.38. The number of methoxy groups -OCH3 is 1.